The summed E-state index contributed by atoms with van der Waals surface area (Å²) >= 11 is 0. The number of aliphatic carboxylic acids is 1. The van der Waals surface area contributed by atoms with Crippen LogP contribution in [0.2, 0.25) is 0 Å². The van der Waals surface area contributed by atoms with E-state index in [0.717, 1.165) is 44.8 Å². The zero-order valence-electron chi connectivity index (χ0n) is 17.0. The van der Waals surface area contributed by atoms with Crippen molar-refractivity contribution in [3.8, 4) is 0 Å². The second-order valence-electron chi connectivity index (χ2n) is 8.44. The van der Waals surface area contributed by atoms with Gasteiger partial charge in [0.15, 0.2) is 0 Å². The Morgan fingerprint density at radius 2 is 1.82 bits per heavy atom. The van der Waals surface area contributed by atoms with E-state index in [0.29, 0.717) is 19.0 Å². The third kappa shape index (κ3) is 4.73. The molecule has 2 heterocycles. The van der Waals surface area contributed by atoms with E-state index >= 15 is 0 Å². The fourth-order valence-corrected chi connectivity index (χ4v) is 4.56. The van der Waals surface area contributed by atoms with Crippen LogP contribution in [0, 0.1) is 5.92 Å². The molecule has 6 nitrogen and oxygen atoms in total. The number of carbonyl (C=O) groups excluding carboxylic acids is 1. The van der Waals surface area contributed by atoms with Crippen LogP contribution in [0.3, 0.4) is 0 Å². The Balaban J connectivity index is 1.73. The van der Waals surface area contributed by atoms with Gasteiger partial charge in [0, 0.05) is 38.6 Å². The molecule has 6 heteroatoms. The summed E-state index contributed by atoms with van der Waals surface area (Å²) in [7, 11) is 0. The van der Waals surface area contributed by atoms with E-state index in [1.165, 1.54) is 0 Å². The number of carbonyl (C=O) groups is 2. The first-order valence-electron chi connectivity index (χ1n) is 10.3. The van der Waals surface area contributed by atoms with Crippen molar-refractivity contribution in [1.82, 2.24) is 9.80 Å². The summed E-state index contributed by atoms with van der Waals surface area (Å²) in [5.41, 5.74) is 0.419. The lowest BCUT2D eigenvalue weighted by molar-refractivity contribution is -0.140. The van der Waals surface area contributed by atoms with Gasteiger partial charge in [0.05, 0.1) is 18.6 Å². The second kappa shape index (κ2) is 9.05. The van der Waals surface area contributed by atoms with Crippen molar-refractivity contribution in [3.63, 3.8) is 0 Å². The number of benzene rings is 1. The first-order valence-corrected chi connectivity index (χ1v) is 10.3. The Morgan fingerprint density at radius 1 is 1.14 bits per heavy atom. The summed E-state index contributed by atoms with van der Waals surface area (Å²) in [6, 6.07) is 10.2. The van der Waals surface area contributed by atoms with Crippen molar-refractivity contribution in [3.05, 3.63) is 35.9 Å². The average molecular weight is 389 g/mol. The standard InChI is InChI=1S/C22H32N2O4/c1-22(2,18-6-4-3-5-7-18)21(27)24-11-10-19(23-12-14-28-15-13-23)17(16-24)8-9-20(25)26/h3-7,17,19H,8-16H2,1-2H3,(H,25,26)/t17-,19+/m1/s1. The van der Waals surface area contributed by atoms with E-state index in [9.17, 15) is 14.7 Å². The van der Waals surface area contributed by atoms with Crippen LogP contribution in [0.4, 0.5) is 0 Å². The van der Waals surface area contributed by atoms with Crippen LogP contribution in [-0.4, -0.2) is 72.2 Å². The number of carboxylic acid groups (broad SMARTS) is 1. The van der Waals surface area contributed by atoms with Gasteiger partial charge in [0.2, 0.25) is 5.91 Å². The predicted octanol–water partition coefficient (Wildman–Crippen LogP) is 2.38. The summed E-state index contributed by atoms with van der Waals surface area (Å²) in [5, 5.41) is 9.18. The molecule has 154 valence electrons. The predicted molar refractivity (Wildman–Crippen MR) is 107 cm³/mol. The molecule has 3 rings (SSSR count). The van der Waals surface area contributed by atoms with E-state index in [-0.39, 0.29) is 18.2 Å². The Hall–Kier alpha value is -1.92. The Bertz CT molecular complexity index is 670. The number of ether oxygens (including phenoxy) is 1. The maximum absolute atomic E-state index is 13.4. The van der Waals surface area contributed by atoms with Gasteiger partial charge in [-0.3, -0.25) is 14.5 Å². The molecular formula is C22H32N2O4. The summed E-state index contributed by atoms with van der Waals surface area (Å²) in [4.78, 5) is 28.9. The van der Waals surface area contributed by atoms with Crippen LogP contribution in [0.1, 0.15) is 38.7 Å². The first kappa shape index (κ1) is 20.8. The quantitative estimate of drug-likeness (QED) is 0.810. The highest BCUT2D eigenvalue weighted by Gasteiger charge is 2.40. The number of likely N-dealkylation sites (tertiary alicyclic amines) is 1. The maximum atomic E-state index is 13.4. The van der Waals surface area contributed by atoms with Gasteiger partial charge >= 0.3 is 5.97 Å². The summed E-state index contributed by atoms with van der Waals surface area (Å²) in [6.07, 6.45) is 1.64. The zero-order chi connectivity index (χ0) is 20.1. The maximum Gasteiger partial charge on any atom is 0.303 e. The van der Waals surface area contributed by atoms with Crippen LogP contribution in [-0.2, 0) is 19.7 Å². The molecule has 0 saturated carbocycles. The number of rotatable bonds is 6. The number of carboxylic acids is 1. The molecule has 0 unspecified atom stereocenters. The summed E-state index contributed by atoms with van der Waals surface area (Å²) < 4.78 is 5.48. The van der Waals surface area contributed by atoms with E-state index < -0.39 is 11.4 Å². The highest BCUT2D eigenvalue weighted by molar-refractivity contribution is 5.87. The van der Waals surface area contributed by atoms with Gasteiger partial charge in [0.1, 0.15) is 0 Å². The fourth-order valence-electron chi connectivity index (χ4n) is 4.56. The van der Waals surface area contributed by atoms with Gasteiger partial charge in [-0.1, -0.05) is 30.3 Å². The van der Waals surface area contributed by atoms with Gasteiger partial charge in [-0.2, -0.15) is 0 Å². The van der Waals surface area contributed by atoms with Crippen LogP contribution in [0.5, 0.6) is 0 Å². The van der Waals surface area contributed by atoms with Gasteiger partial charge < -0.3 is 14.7 Å². The minimum absolute atomic E-state index is 0.124. The van der Waals surface area contributed by atoms with Gasteiger partial charge in [-0.25, -0.2) is 0 Å². The lowest BCUT2D eigenvalue weighted by atomic mass is 9.81. The molecule has 0 radical (unpaired) electrons. The lowest BCUT2D eigenvalue weighted by Gasteiger charge is -2.46. The molecule has 0 spiro atoms. The largest absolute Gasteiger partial charge is 0.481 e. The van der Waals surface area contributed by atoms with E-state index in [1.54, 1.807) is 0 Å². The number of hydrogen-bond donors (Lipinski definition) is 1. The zero-order valence-corrected chi connectivity index (χ0v) is 17.0. The topological polar surface area (TPSA) is 70.1 Å². The minimum atomic E-state index is -0.770. The minimum Gasteiger partial charge on any atom is -0.481 e. The molecule has 1 amide bonds. The van der Waals surface area contributed by atoms with Crippen LogP contribution >= 0.6 is 0 Å². The van der Waals surface area contributed by atoms with Crippen LogP contribution in [0.15, 0.2) is 30.3 Å². The summed E-state index contributed by atoms with van der Waals surface area (Å²) in [6.45, 7) is 8.54. The van der Waals surface area contributed by atoms with Crippen molar-refractivity contribution in [2.75, 3.05) is 39.4 Å². The van der Waals surface area contributed by atoms with Gasteiger partial charge in [-0.15, -0.1) is 0 Å². The van der Waals surface area contributed by atoms with Crippen molar-refractivity contribution in [2.45, 2.75) is 44.6 Å². The number of nitrogens with zero attached hydrogens (tertiary/aromatic N) is 2. The molecule has 1 aromatic carbocycles. The third-order valence-electron chi connectivity index (χ3n) is 6.25. The molecule has 2 aliphatic rings. The Morgan fingerprint density at radius 3 is 2.46 bits per heavy atom. The van der Waals surface area contributed by atoms with Gasteiger partial charge in [-0.05, 0) is 38.2 Å². The van der Waals surface area contributed by atoms with E-state index in [2.05, 4.69) is 4.90 Å². The molecule has 2 atom stereocenters. The summed E-state index contributed by atoms with van der Waals surface area (Å²) in [5.74, 6) is -0.466. The Kier molecular flexibility index (Phi) is 6.73. The molecule has 2 aliphatic heterocycles. The molecule has 0 bridgehead atoms. The SMILES string of the molecule is CC(C)(C(=O)N1CC[C@H](N2CCOCC2)[C@H](CCC(=O)O)C1)c1ccccc1. The highest BCUT2D eigenvalue weighted by atomic mass is 16.5. The third-order valence-corrected chi connectivity index (χ3v) is 6.25. The second-order valence-corrected chi connectivity index (χ2v) is 8.44. The van der Waals surface area contributed by atoms with Crippen molar-refractivity contribution in [2.24, 2.45) is 5.92 Å². The van der Waals surface area contributed by atoms with Crippen molar-refractivity contribution < 1.29 is 19.4 Å². The van der Waals surface area contributed by atoms with E-state index in [1.807, 2.05) is 49.1 Å². The fraction of sp³-hybridized carbons (Fsp3) is 0.636. The molecule has 0 aliphatic carbocycles. The van der Waals surface area contributed by atoms with E-state index in [4.69, 9.17) is 4.74 Å². The molecule has 1 N–H and O–H groups in total. The van der Waals surface area contributed by atoms with Gasteiger partial charge in [0.25, 0.3) is 0 Å². The molecule has 1 aromatic rings. The smallest absolute Gasteiger partial charge is 0.303 e. The van der Waals surface area contributed by atoms with Crippen molar-refractivity contribution >= 4 is 11.9 Å². The van der Waals surface area contributed by atoms with Crippen LogP contribution in [0.25, 0.3) is 0 Å². The number of morpholine rings is 1. The number of hydrogen-bond acceptors (Lipinski definition) is 4. The molecule has 2 fully saturated rings. The number of piperidine rings is 1. The van der Waals surface area contributed by atoms with Crippen LogP contribution < -0.4 is 0 Å². The number of amides is 1. The monoisotopic (exact) mass is 388 g/mol. The first-order chi connectivity index (χ1) is 13.4. The average Bonchev–Trinajstić information content (AvgIpc) is 2.72. The highest BCUT2D eigenvalue weighted by Crippen LogP contribution is 2.31. The van der Waals surface area contributed by atoms with Crippen molar-refractivity contribution in [1.29, 1.82) is 0 Å². The Labute approximate surface area is 167 Å². The molecule has 0 aromatic heterocycles. The molecular weight excluding hydrogens is 356 g/mol. The molecule has 28 heavy (non-hydrogen) atoms. The molecule has 2 saturated heterocycles. The normalized spacial score (nSPS) is 24.1. The lowest BCUT2D eigenvalue weighted by Crippen LogP contribution is -2.57.